The van der Waals surface area contributed by atoms with Gasteiger partial charge >= 0.3 is 6.18 Å². The molecule has 1 aromatic carbocycles. The van der Waals surface area contributed by atoms with Crippen molar-refractivity contribution in [2.45, 2.75) is 69.7 Å². The topological polar surface area (TPSA) is 80.6 Å². The number of fused-ring (bicyclic) bond motifs is 1. The zero-order chi connectivity index (χ0) is 31.2. The van der Waals surface area contributed by atoms with Crippen LogP contribution in [0.5, 0.6) is 11.5 Å². The molecule has 0 unspecified atom stereocenters. The number of anilines is 1. The van der Waals surface area contributed by atoms with E-state index >= 15 is 8.78 Å². The molecule has 3 N–H and O–H groups in total. The van der Waals surface area contributed by atoms with Gasteiger partial charge in [-0.15, -0.1) is 0 Å². The molecule has 0 bridgehead atoms. The van der Waals surface area contributed by atoms with Crippen molar-refractivity contribution in [3.8, 4) is 11.5 Å². The molecule has 0 aliphatic heterocycles. The van der Waals surface area contributed by atoms with Gasteiger partial charge in [-0.1, -0.05) is 19.6 Å². The Morgan fingerprint density at radius 1 is 1.14 bits per heavy atom. The van der Waals surface area contributed by atoms with E-state index in [1.807, 2.05) is 0 Å². The summed E-state index contributed by atoms with van der Waals surface area (Å²) in [6.45, 7) is 7.44. The van der Waals surface area contributed by atoms with Crippen molar-refractivity contribution in [1.29, 1.82) is 0 Å². The molecule has 2 heterocycles. The molecule has 234 valence electrons. The van der Waals surface area contributed by atoms with E-state index < -0.39 is 37.0 Å². The highest BCUT2D eigenvalue weighted by Crippen LogP contribution is 2.61. The molecule has 7 nitrogen and oxygen atoms in total. The summed E-state index contributed by atoms with van der Waals surface area (Å²) >= 11 is 5.21. The summed E-state index contributed by atoms with van der Waals surface area (Å²) in [5.74, 6) is -3.06. The number of rotatable bonds is 12. The van der Waals surface area contributed by atoms with E-state index in [1.165, 1.54) is 23.0 Å². The van der Waals surface area contributed by atoms with Gasteiger partial charge in [-0.3, -0.25) is 0 Å². The van der Waals surface area contributed by atoms with Crippen molar-refractivity contribution in [3.63, 3.8) is 0 Å². The number of aliphatic hydroxyl groups is 1. The van der Waals surface area contributed by atoms with Gasteiger partial charge < -0.3 is 29.8 Å². The number of hydrogen-bond donors (Lipinski definition) is 3. The lowest BCUT2D eigenvalue weighted by atomic mass is 9.95. The van der Waals surface area contributed by atoms with Crippen molar-refractivity contribution < 1.29 is 36.5 Å². The normalized spacial score (nSPS) is 17.1. The third-order valence-electron chi connectivity index (χ3n) is 8.14. The molecule has 0 radical (unpaired) electrons. The van der Waals surface area contributed by atoms with Crippen LogP contribution >= 0.6 is 12.2 Å². The monoisotopic (exact) mass is 642 g/mol. The van der Waals surface area contributed by atoms with E-state index in [4.69, 9.17) is 21.7 Å². The molecule has 0 saturated heterocycles. The van der Waals surface area contributed by atoms with Crippen LogP contribution in [-0.2, 0) is 16.9 Å². The molecule has 2 aliphatic rings. The van der Waals surface area contributed by atoms with Gasteiger partial charge in [0.15, 0.2) is 22.5 Å². The fraction of sp³-hybridized carbons (Fsp3) is 0.517. The van der Waals surface area contributed by atoms with E-state index in [9.17, 15) is 18.3 Å². The SMILES string of the molecule is C[Si](C)(C)CCOCn1cc(C2(C(F)(F)F)CC2)c2c(Oc3c(F)cc(NC(=S)NCC4(CO)CC4)cc3F)ccnc21. The van der Waals surface area contributed by atoms with Crippen molar-refractivity contribution in [1.82, 2.24) is 14.9 Å². The Hall–Kier alpha value is -2.81. The summed E-state index contributed by atoms with van der Waals surface area (Å²) in [4.78, 5) is 4.30. The van der Waals surface area contributed by atoms with E-state index in [0.717, 1.165) is 31.0 Å². The fourth-order valence-electron chi connectivity index (χ4n) is 4.95. The van der Waals surface area contributed by atoms with E-state index in [2.05, 4.69) is 35.3 Å². The molecule has 2 aromatic heterocycles. The summed E-state index contributed by atoms with van der Waals surface area (Å²) in [5.41, 5.74) is -2.19. The largest absolute Gasteiger partial charge is 0.450 e. The Labute approximate surface area is 252 Å². The minimum absolute atomic E-state index is 0.0149. The molecule has 0 spiro atoms. The van der Waals surface area contributed by atoms with Crippen molar-refractivity contribution in [2.24, 2.45) is 5.41 Å². The second-order valence-corrected chi connectivity index (χ2v) is 18.8. The number of alkyl halides is 3. The highest BCUT2D eigenvalue weighted by molar-refractivity contribution is 7.80. The molecule has 43 heavy (non-hydrogen) atoms. The quantitative estimate of drug-likeness (QED) is 0.0844. The summed E-state index contributed by atoms with van der Waals surface area (Å²) in [5, 5.41) is 15.3. The third kappa shape index (κ3) is 6.81. The number of aromatic nitrogens is 2. The maximum atomic E-state index is 15.2. The highest BCUT2D eigenvalue weighted by Gasteiger charge is 2.65. The first-order valence-electron chi connectivity index (χ1n) is 14.1. The average molecular weight is 643 g/mol. The molecule has 2 aliphatic carbocycles. The first-order chi connectivity index (χ1) is 20.2. The van der Waals surface area contributed by atoms with Crippen molar-refractivity contribution in [2.75, 3.05) is 25.1 Å². The van der Waals surface area contributed by atoms with Crippen LogP contribution in [0.3, 0.4) is 0 Å². The van der Waals surface area contributed by atoms with Crippen molar-refractivity contribution >= 4 is 42.1 Å². The minimum atomic E-state index is -4.54. The summed E-state index contributed by atoms with van der Waals surface area (Å²) in [6, 6.07) is 4.15. The maximum Gasteiger partial charge on any atom is 0.398 e. The maximum absolute atomic E-state index is 15.2. The van der Waals surface area contributed by atoms with E-state index in [0.29, 0.717) is 13.2 Å². The first-order valence-corrected chi connectivity index (χ1v) is 18.2. The van der Waals surface area contributed by atoms with Crippen molar-refractivity contribution in [3.05, 3.63) is 47.8 Å². The van der Waals surface area contributed by atoms with Gasteiger partial charge in [-0.05, 0) is 55.6 Å². The molecule has 0 atom stereocenters. The lowest BCUT2D eigenvalue weighted by Crippen LogP contribution is -2.34. The van der Waals surface area contributed by atoms with Crippen LogP contribution < -0.4 is 15.4 Å². The average Bonchev–Trinajstić information content (AvgIpc) is 3.84. The number of thiocarbonyl (C=S) groups is 1. The lowest BCUT2D eigenvalue weighted by molar-refractivity contribution is -0.160. The third-order valence-corrected chi connectivity index (χ3v) is 10.1. The van der Waals surface area contributed by atoms with Gasteiger partial charge in [-0.2, -0.15) is 13.2 Å². The van der Waals surface area contributed by atoms with Crippen LogP contribution in [0.25, 0.3) is 11.0 Å². The lowest BCUT2D eigenvalue weighted by Gasteiger charge is -2.19. The molecule has 5 rings (SSSR count). The Morgan fingerprint density at radius 2 is 1.81 bits per heavy atom. The van der Waals surface area contributed by atoms with E-state index in [-0.39, 0.29) is 64.7 Å². The number of pyridine rings is 1. The number of nitrogens with one attached hydrogen (secondary N) is 2. The number of aliphatic hydroxyl groups excluding tert-OH is 1. The number of halogens is 5. The zero-order valence-electron chi connectivity index (χ0n) is 24.2. The Balaban J connectivity index is 1.42. The summed E-state index contributed by atoms with van der Waals surface area (Å²) < 4.78 is 86.2. The summed E-state index contributed by atoms with van der Waals surface area (Å²) in [7, 11) is -1.39. The van der Waals surface area contributed by atoms with Gasteiger partial charge in [0.1, 0.15) is 18.1 Å². The van der Waals surface area contributed by atoms with Gasteiger partial charge in [0.25, 0.3) is 0 Å². The smallest absolute Gasteiger partial charge is 0.398 e. The fourth-order valence-corrected chi connectivity index (χ4v) is 5.90. The van der Waals surface area contributed by atoms with Gasteiger partial charge in [-0.25, -0.2) is 13.8 Å². The standard InChI is InChI=1S/C29H35F5N4O3SSi/c1-43(2,3)11-10-40-17-38-14-19(28(7-8-28)29(32,33)34)23-22(4-9-35-25(23)38)41-24-20(30)12-18(13-21(24)31)37-26(42)36-15-27(16-39)5-6-27/h4,9,12-14,39H,5-8,10-11,15-17H2,1-3H3,(H2,36,37,42). The molecule has 2 saturated carbocycles. The van der Waals surface area contributed by atoms with Crippen LogP contribution in [0.4, 0.5) is 27.6 Å². The van der Waals surface area contributed by atoms with Crippen LogP contribution in [0, 0.1) is 17.0 Å². The van der Waals surface area contributed by atoms with Crippen LogP contribution in [0.2, 0.25) is 25.7 Å². The van der Waals surface area contributed by atoms with Gasteiger partial charge in [0.05, 0.1) is 17.4 Å². The number of hydrogen-bond acceptors (Lipinski definition) is 5. The van der Waals surface area contributed by atoms with Gasteiger partial charge in [0, 0.05) is 56.9 Å². The van der Waals surface area contributed by atoms with Gasteiger partial charge in [0.2, 0.25) is 0 Å². The molecule has 0 amide bonds. The molecular weight excluding hydrogens is 607 g/mol. The highest BCUT2D eigenvalue weighted by atomic mass is 32.1. The van der Waals surface area contributed by atoms with E-state index in [1.54, 1.807) is 0 Å². The molecule has 2 fully saturated rings. The molecule has 3 aromatic rings. The zero-order valence-corrected chi connectivity index (χ0v) is 26.0. The summed E-state index contributed by atoms with van der Waals surface area (Å²) in [6.07, 6.45) is -0.356. The predicted molar refractivity (Wildman–Crippen MR) is 160 cm³/mol. The number of benzene rings is 1. The molecule has 14 heteroatoms. The molecular formula is C29H35F5N4O3SSi. The Kier molecular flexibility index (Phi) is 8.53. The Bertz CT molecular complexity index is 1490. The van der Waals surface area contributed by atoms with Crippen LogP contribution in [-0.4, -0.2) is 53.8 Å². The first kappa shape index (κ1) is 31.6. The Morgan fingerprint density at radius 3 is 2.37 bits per heavy atom. The second kappa shape index (κ2) is 11.6. The number of ether oxygens (including phenoxy) is 2. The second-order valence-electron chi connectivity index (χ2n) is 12.8. The minimum Gasteiger partial charge on any atom is -0.450 e. The predicted octanol–water partition coefficient (Wildman–Crippen LogP) is 7.07. The van der Waals surface area contributed by atoms with Crippen LogP contribution in [0.1, 0.15) is 31.2 Å². The number of nitrogens with zero attached hydrogens (tertiary/aromatic N) is 2. The van der Waals surface area contributed by atoms with Crippen LogP contribution in [0.15, 0.2) is 30.6 Å².